The molecule has 0 aromatic carbocycles. The third-order valence-corrected chi connectivity index (χ3v) is 5.22. The van der Waals surface area contributed by atoms with Crippen molar-refractivity contribution in [1.29, 1.82) is 5.26 Å². The summed E-state index contributed by atoms with van der Waals surface area (Å²) in [6, 6.07) is 2.46. The summed E-state index contributed by atoms with van der Waals surface area (Å²) in [6.07, 6.45) is 4.03. The molecule has 1 saturated heterocycles. The van der Waals surface area contributed by atoms with Gasteiger partial charge >= 0.3 is 0 Å². The van der Waals surface area contributed by atoms with Crippen molar-refractivity contribution in [3.8, 4) is 6.07 Å². The Bertz CT molecular complexity index is 637. The van der Waals surface area contributed by atoms with Gasteiger partial charge in [-0.25, -0.2) is 4.98 Å². The molecule has 1 aromatic rings. The van der Waals surface area contributed by atoms with Crippen LogP contribution in [0.1, 0.15) is 62.9 Å². The van der Waals surface area contributed by atoms with E-state index in [2.05, 4.69) is 38.7 Å². The van der Waals surface area contributed by atoms with Gasteiger partial charge in [-0.3, -0.25) is 0 Å². The van der Waals surface area contributed by atoms with E-state index >= 15 is 0 Å². The van der Waals surface area contributed by atoms with Crippen LogP contribution in [-0.4, -0.2) is 23.7 Å². The molecule has 1 fully saturated rings. The van der Waals surface area contributed by atoms with Crippen LogP contribution in [0.4, 0.5) is 5.82 Å². The minimum Gasteiger partial charge on any atom is -0.370 e. The van der Waals surface area contributed by atoms with E-state index in [9.17, 15) is 5.26 Å². The first-order valence-corrected chi connectivity index (χ1v) is 8.78. The van der Waals surface area contributed by atoms with Crippen molar-refractivity contribution >= 4 is 5.82 Å². The molecule has 0 amide bonds. The van der Waals surface area contributed by atoms with Gasteiger partial charge in [0.25, 0.3) is 0 Å². The van der Waals surface area contributed by atoms with Crippen LogP contribution in [0.5, 0.6) is 0 Å². The van der Waals surface area contributed by atoms with Gasteiger partial charge in [0.2, 0.25) is 0 Å². The predicted octanol–water partition coefficient (Wildman–Crippen LogP) is 3.60. The van der Waals surface area contributed by atoms with Crippen LogP contribution in [0.3, 0.4) is 0 Å². The molecule has 0 aliphatic carbocycles. The molecule has 23 heavy (non-hydrogen) atoms. The number of piperidine rings is 1. The van der Waals surface area contributed by atoms with E-state index in [-0.39, 0.29) is 5.60 Å². The van der Waals surface area contributed by atoms with Crippen LogP contribution in [-0.2, 0) is 24.2 Å². The van der Waals surface area contributed by atoms with Crippen LogP contribution < -0.4 is 4.90 Å². The fourth-order valence-corrected chi connectivity index (χ4v) is 3.68. The Morgan fingerprint density at radius 3 is 2.61 bits per heavy atom. The first kappa shape index (κ1) is 16.3. The minimum atomic E-state index is -0.210. The fraction of sp³-hybridized carbons (Fsp3) is 0.684. The quantitative estimate of drug-likeness (QED) is 0.837. The number of aryl methyl sites for hydroxylation is 1. The third kappa shape index (κ3) is 3.07. The second kappa shape index (κ2) is 6.13. The molecule has 3 rings (SSSR count). The lowest BCUT2D eigenvalue weighted by atomic mass is 9.87. The largest absolute Gasteiger partial charge is 0.370 e. The van der Waals surface area contributed by atoms with Gasteiger partial charge < -0.3 is 9.64 Å². The van der Waals surface area contributed by atoms with E-state index in [1.165, 1.54) is 18.4 Å². The summed E-state index contributed by atoms with van der Waals surface area (Å²) in [6.45, 7) is 11.2. The Balaban J connectivity index is 2.08. The maximum atomic E-state index is 9.83. The van der Waals surface area contributed by atoms with Crippen LogP contribution in [0.15, 0.2) is 0 Å². The number of pyridine rings is 1. The molecule has 1 aromatic heterocycles. The number of nitrogens with zero attached hydrogens (tertiary/aromatic N) is 3. The van der Waals surface area contributed by atoms with Crippen molar-refractivity contribution in [1.82, 2.24) is 4.98 Å². The van der Waals surface area contributed by atoms with Gasteiger partial charge in [0.15, 0.2) is 0 Å². The maximum absolute atomic E-state index is 9.83. The molecule has 0 radical (unpaired) electrons. The topological polar surface area (TPSA) is 49.2 Å². The Kier molecular flexibility index (Phi) is 4.33. The van der Waals surface area contributed by atoms with E-state index < -0.39 is 0 Å². The van der Waals surface area contributed by atoms with Gasteiger partial charge in [-0.1, -0.05) is 13.8 Å². The van der Waals surface area contributed by atoms with Gasteiger partial charge in [0.05, 0.1) is 17.8 Å². The molecular formula is C19H27N3O. The Morgan fingerprint density at radius 1 is 1.30 bits per heavy atom. The minimum absolute atomic E-state index is 0.210. The van der Waals surface area contributed by atoms with Crippen LogP contribution in [0.2, 0.25) is 0 Å². The highest BCUT2D eigenvalue weighted by atomic mass is 16.5. The average Bonchev–Trinajstić information content (AvgIpc) is 2.53. The summed E-state index contributed by atoms with van der Waals surface area (Å²) in [7, 11) is 0. The number of rotatable bonds is 2. The van der Waals surface area contributed by atoms with Gasteiger partial charge in [0.1, 0.15) is 11.9 Å². The van der Waals surface area contributed by atoms with Crippen molar-refractivity contribution in [2.45, 2.75) is 65.6 Å². The van der Waals surface area contributed by atoms with E-state index in [1.807, 2.05) is 0 Å². The molecule has 124 valence electrons. The molecular weight excluding hydrogens is 286 g/mol. The highest BCUT2D eigenvalue weighted by molar-refractivity contribution is 5.62. The monoisotopic (exact) mass is 313 g/mol. The van der Waals surface area contributed by atoms with E-state index in [1.54, 1.807) is 0 Å². The number of ether oxygens (including phenoxy) is 1. The van der Waals surface area contributed by atoms with Gasteiger partial charge in [-0.15, -0.1) is 0 Å². The van der Waals surface area contributed by atoms with Crippen molar-refractivity contribution < 1.29 is 4.74 Å². The Morgan fingerprint density at radius 2 is 2.00 bits per heavy atom. The van der Waals surface area contributed by atoms with Gasteiger partial charge in [-0.2, -0.15) is 5.26 Å². The third-order valence-electron chi connectivity index (χ3n) is 5.22. The molecule has 0 bridgehead atoms. The first-order chi connectivity index (χ1) is 10.9. The summed E-state index contributed by atoms with van der Waals surface area (Å²) in [5.41, 5.74) is 3.99. The van der Waals surface area contributed by atoms with E-state index in [0.29, 0.717) is 6.61 Å². The maximum Gasteiger partial charge on any atom is 0.147 e. The van der Waals surface area contributed by atoms with Crippen molar-refractivity contribution in [3.63, 3.8) is 0 Å². The number of hydrogen-bond acceptors (Lipinski definition) is 4. The smallest absolute Gasteiger partial charge is 0.147 e. The summed E-state index contributed by atoms with van der Waals surface area (Å²) < 4.78 is 5.97. The van der Waals surface area contributed by atoms with Crippen molar-refractivity contribution in [2.75, 3.05) is 18.0 Å². The number of anilines is 1. The summed E-state index contributed by atoms with van der Waals surface area (Å²) in [5.74, 6) is 1.68. The second-order valence-corrected chi connectivity index (χ2v) is 7.57. The van der Waals surface area contributed by atoms with Crippen molar-refractivity contribution in [3.05, 3.63) is 22.4 Å². The van der Waals surface area contributed by atoms with E-state index in [4.69, 9.17) is 9.72 Å². The zero-order valence-electron chi connectivity index (χ0n) is 14.8. The summed E-state index contributed by atoms with van der Waals surface area (Å²) in [5, 5.41) is 9.83. The molecule has 2 aliphatic rings. The zero-order chi connectivity index (χ0) is 16.6. The number of hydrogen-bond donors (Lipinski definition) is 0. The standard InChI is InChI=1S/C19H27N3O/c1-5-17-16-12-23-19(3,4)10-14(16)15(11-20)18(21-17)22-8-6-13(2)7-9-22/h13H,5-10,12H2,1-4H3. The lowest BCUT2D eigenvalue weighted by molar-refractivity contribution is -0.0406. The lowest BCUT2D eigenvalue weighted by Crippen LogP contribution is -2.37. The van der Waals surface area contributed by atoms with Gasteiger partial charge in [-0.05, 0) is 44.6 Å². The summed E-state index contributed by atoms with van der Waals surface area (Å²) >= 11 is 0. The predicted molar refractivity (Wildman–Crippen MR) is 91.5 cm³/mol. The molecule has 0 unspecified atom stereocenters. The first-order valence-electron chi connectivity index (χ1n) is 8.78. The number of nitriles is 1. The van der Waals surface area contributed by atoms with Crippen LogP contribution in [0.25, 0.3) is 0 Å². The molecule has 0 N–H and O–H groups in total. The number of fused-ring (bicyclic) bond motifs is 1. The average molecular weight is 313 g/mol. The second-order valence-electron chi connectivity index (χ2n) is 7.57. The summed E-state index contributed by atoms with van der Waals surface area (Å²) in [4.78, 5) is 7.22. The molecule has 4 heteroatoms. The highest BCUT2D eigenvalue weighted by Gasteiger charge is 2.32. The molecule has 4 nitrogen and oxygen atoms in total. The van der Waals surface area contributed by atoms with Crippen LogP contribution >= 0.6 is 0 Å². The normalized spacial score (nSPS) is 20.9. The molecule has 0 saturated carbocycles. The Hall–Kier alpha value is -1.60. The highest BCUT2D eigenvalue weighted by Crippen LogP contribution is 2.36. The Labute approximate surface area is 139 Å². The molecule has 0 atom stereocenters. The fourth-order valence-electron chi connectivity index (χ4n) is 3.68. The SMILES string of the molecule is CCc1nc(N2CCC(C)CC2)c(C#N)c2c1COC(C)(C)C2. The number of aromatic nitrogens is 1. The van der Waals surface area contributed by atoms with Crippen LogP contribution in [0, 0.1) is 17.2 Å². The van der Waals surface area contributed by atoms with E-state index in [0.717, 1.165) is 54.5 Å². The molecule has 0 spiro atoms. The van der Waals surface area contributed by atoms with Gasteiger partial charge in [0, 0.05) is 30.8 Å². The van der Waals surface area contributed by atoms with Crippen molar-refractivity contribution in [2.24, 2.45) is 5.92 Å². The zero-order valence-corrected chi connectivity index (χ0v) is 14.8. The molecule has 3 heterocycles. The molecule has 2 aliphatic heterocycles. The lowest BCUT2D eigenvalue weighted by Gasteiger charge is -2.36.